The summed E-state index contributed by atoms with van der Waals surface area (Å²) in [6, 6.07) is 8.69. The molecule has 2 N–H and O–H groups in total. The van der Waals surface area contributed by atoms with Crippen LogP contribution in [0.3, 0.4) is 0 Å². The van der Waals surface area contributed by atoms with Gasteiger partial charge in [0.1, 0.15) is 5.15 Å². The maximum Gasteiger partial charge on any atom is 0.258 e. The van der Waals surface area contributed by atoms with Crippen LogP contribution in [0.4, 0.5) is 5.69 Å². The van der Waals surface area contributed by atoms with E-state index in [0.717, 1.165) is 12.8 Å². The minimum Gasteiger partial charge on any atom is -0.349 e. The molecule has 1 heterocycles. The number of hydrogen-bond donors (Lipinski definition) is 2. The number of amides is 2. The van der Waals surface area contributed by atoms with Gasteiger partial charge in [0.15, 0.2) is 0 Å². The number of halogens is 2. The van der Waals surface area contributed by atoms with Gasteiger partial charge in [-0.15, -0.1) is 0 Å². The van der Waals surface area contributed by atoms with Gasteiger partial charge in [-0.2, -0.15) is 0 Å². The summed E-state index contributed by atoms with van der Waals surface area (Å²) in [6.07, 6.45) is 3.51. The van der Waals surface area contributed by atoms with Crippen molar-refractivity contribution in [3.8, 4) is 0 Å². The molecule has 1 saturated carbocycles. The Morgan fingerprint density at radius 3 is 2.65 bits per heavy atom. The highest BCUT2D eigenvalue weighted by Gasteiger charge is 2.25. The number of nitrogens with one attached hydrogen (secondary N) is 2. The summed E-state index contributed by atoms with van der Waals surface area (Å²) < 4.78 is 0.645. The molecule has 0 atom stereocenters. The normalized spacial score (nSPS) is 13.5. The van der Waals surface area contributed by atoms with Crippen LogP contribution in [0.2, 0.25) is 5.15 Å². The predicted molar refractivity (Wildman–Crippen MR) is 91.8 cm³/mol. The Labute approximate surface area is 146 Å². The maximum atomic E-state index is 12.4. The Balaban J connectivity index is 1.83. The number of pyridine rings is 1. The van der Waals surface area contributed by atoms with Gasteiger partial charge in [0.05, 0.1) is 16.8 Å². The van der Waals surface area contributed by atoms with Crippen LogP contribution in [0.25, 0.3) is 0 Å². The monoisotopic (exact) mass is 393 g/mol. The minimum atomic E-state index is -0.421. The van der Waals surface area contributed by atoms with E-state index in [1.165, 1.54) is 6.20 Å². The number of carbonyl (C=O) groups is 2. The quantitative estimate of drug-likeness (QED) is 0.778. The van der Waals surface area contributed by atoms with Crippen LogP contribution in [-0.4, -0.2) is 22.8 Å². The van der Waals surface area contributed by atoms with Gasteiger partial charge < -0.3 is 10.6 Å². The first-order valence-corrected chi connectivity index (χ1v) is 8.24. The van der Waals surface area contributed by atoms with Crippen molar-refractivity contribution in [2.45, 2.75) is 18.9 Å². The van der Waals surface area contributed by atoms with Crippen LogP contribution in [0.1, 0.15) is 33.6 Å². The van der Waals surface area contributed by atoms with E-state index in [9.17, 15) is 9.59 Å². The number of anilines is 1. The third-order valence-corrected chi connectivity index (χ3v) is 4.12. The standard InChI is InChI=1S/C16H13BrClN3O2/c17-9-7-12(14(18)19-8-9)16(23)21-13-4-2-1-3-11(13)15(22)20-10-5-6-10/h1-4,7-8,10H,5-6H2,(H,20,22)(H,21,23). The molecule has 1 aromatic carbocycles. The van der Waals surface area contributed by atoms with E-state index >= 15 is 0 Å². The topological polar surface area (TPSA) is 71.1 Å². The van der Waals surface area contributed by atoms with Gasteiger partial charge in [-0.25, -0.2) is 4.98 Å². The van der Waals surface area contributed by atoms with E-state index < -0.39 is 5.91 Å². The molecule has 0 unspecified atom stereocenters. The summed E-state index contributed by atoms with van der Waals surface area (Å²) in [6.45, 7) is 0. The van der Waals surface area contributed by atoms with E-state index in [1.807, 2.05) is 0 Å². The van der Waals surface area contributed by atoms with E-state index in [0.29, 0.717) is 15.7 Å². The lowest BCUT2D eigenvalue weighted by Crippen LogP contribution is -2.27. The average molecular weight is 395 g/mol. The molecular weight excluding hydrogens is 382 g/mol. The zero-order chi connectivity index (χ0) is 16.4. The second-order valence-corrected chi connectivity index (χ2v) is 6.51. The molecule has 2 aromatic rings. The summed E-state index contributed by atoms with van der Waals surface area (Å²) >= 11 is 9.22. The van der Waals surface area contributed by atoms with Gasteiger partial charge in [0.2, 0.25) is 0 Å². The van der Waals surface area contributed by atoms with Gasteiger partial charge in [-0.3, -0.25) is 9.59 Å². The Hall–Kier alpha value is -1.92. The Kier molecular flexibility index (Phi) is 4.63. The molecule has 1 aliphatic carbocycles. The van der Waals surface area contributed by atoms with Crippen molar-refractivity contribution in [1.29, 1.82) is 0 Å². The highest BCUT2D eigenvalue weighted by Crippen LogP contribution is 2.23. The van der Waals surface area contributed by atoms with Crippen LogP contribution < -0.4 is 10.6 Å². The average Bonchev–Trinajstić information content (AvgIpc) is 3.34. The summed E-state index contributed by atoms with van der Waals surface area (Å²) in [4.78, 5) is 28.6. The third-order valence-electron chi connectivity index (χ3n) is 3.38. The van der Waals surface area contributed by atoms with E-state index in [4.69, 9.17) is 11.6 Å². The third kappa shape index (κ3) is 3.89. The molecule has 5 nitrogen and oxygen atoms in total. The van der Waals surface area contributed by atoms with Crippen molar-refractivity contribution < 1.29 is 9.59 Å². The van der Waals surface area contributed by atoms with Gasteiger partial charge in [0, 0.05) is 16.7 Å². The van der Waals surface area contributed by atoms with Crippen LogP contribution in [-0.2, 0) is 0 Å². The zero-order valence-electron chi connectivity index (χ0n) is 12.0. The number of nitrogens with zero attached hydrogens (tertiary/aromatic N) is 1. The lowest BCUT2D eigenvalue weighted by Gasteiger charge is -2.11. The van der Waals surface area contributed by atoms with E-state index in [1.54, 1.807) is 30.3 Å². The summed E-state index contributed by atoms with van der Waals surface area (Å²) in [5.74, 6) is -0.614. The fourth-order valence-electron chi connectivity index (χ4n) is 2.05. The number of rotatable bonds is 4. The fraction of sp³-hybridized carbons (Fsp3) is 0.188. The molecule has 7 heteroatoms. The highest BCUT2D eigenvalue weighted by atomic mass is 79.9. The zero-order valence-corrected chi connectivity index (χ0v) is 14.3. The number of carbonyl (C=O) groups excluding carboxylic acids is 2. The second-order valence-electron chi connectivity index (χ2n) is 5.24. The molecule has 0 radical (unpaired) electrons. The fourth-order valence-corrected chi connectivity index (χ4v) is 2.57. The molecular formula is C16H13BrClN3O2. The summed E-state index contributed by atoms with van der Waals surface area (Å²) in [5, 5.41) is 5.73. The Morgan fingerprint density at radius 2 is 1.91 bits per heavy atom. The van der Waals surface area contributed by atoms with Crippen molar-refractivity contribution in [2.24, 2.45) is 0 Å². The van der Waals surface area contributed by atoms with Crippen LogP contribution in [0.5, 0.6) is 0 Å². The number of aromatic nitrogens is 1. The first kappa shape index (κ1) is 16.0. The van der Waals surface area contributed by atoms with Crippen molar-refractivity contribution in [3.63, 3.8) is 0 Å². The van der Waals surface area contributed by atoms with Crippen molar-refractivity contribution in [1.82, 2.24) is 10.3 Å². The molecule has 23 heavy (non-hydrogen) atoms. The summed E-state index contributed by atoms with van der Waals surface area (Å²) in [5.41, 5.74) is 1.09. The molecule has 1 aliphatic rings. The number of benzene rings is 1. The minimum absolute atomic E-state index is 0.102. The van der Waals surface area contributed by atoms with Crippen LogP contribution in [0, 0.1) is 0 Å². The SMILES string of the molecule is O=C(NC1CC1)c1ccccc1NC(=O)c1cc(Br)cnc1Cl. The highest BCUT2D eigenvalue weighted by molar-refractivity contribution is 9.10. The molecule has 0 spiro atoms. The molecule has 1 fully saturated rings. The first-order valence-electron chi connectivity index (χ1n) is 7.07. The number of hydrogen-bond acceptors (Lipinski definition) is 3. The molecule has 3 rings (SSSR count). The number of para-hydroxylation sites is 1. The lowest BCUT2D eigenvalue weighted by molar-refractivity contribution is 0.0952. The van der Waals surface area contributed by atoms with Gasteiger partial charge in [0.25, 0.3) is 11.8 Å². The first-order chi connectivity index (χ1) is 11.0. The Bertz CT molecular complexity index is 778. The van der Waals surface area contributed by atoms with Crippen LogP contribution >= 0.6 is 27.5 Å². The molecule has 0 saturated heterocycles. The van der Waals surface area contributed by atoms with Crippen LogP contribution in [0.15, 0.2) is 41.0 Å². The van der Waals surface area contributed by atoms with Gasteiger partial charge >= 0.3 is 0 Å². The molecule has 0 aliphatic heterocycles. The maximum absolute atomic E-state index is 12.4. The van der Waals surface area contributed by atoms with Crippen molar-refractivity contribution in [2.75, 3.05) is 5.32 Å². The van der Waals surface area contributed by atoms with E-state index in [2.05, 4.69) is 31.5 Å². The second kappa shape index (κ2) is 6.68. The molecule has 2 amide bonds. The van der Waals surface area contributed by atoms with Gasteiger partial charge in [-0.1, -0.05) is 23.7 Å². The Morgan fingerprint density at radius 1 is 1.17 bits per heavy atom. The smallest absolute Gasteiger partial charge is 0.258 e. The molecule has 118 valence electrons. The van der Waals surface area contributed by atoms with Crippen molar-refractivity contribution in [3.05, 3.63) is 57.3 Å². The largest absolute Gasteiger partial charge is 0.349 e. The van der Waals surface area contributed by atoms with E-state index in [-0.39, 0.29) is 22.7 Å². The predicted octanol–water partition coefficient (Wildman–Crippen LogP) is 3.64. The van der Waals surface area contributed by atoms with Crippen molar-refractivity contribution >= 4 is 45.0 Å². The molecule has 1 aromatic heterocycles. The van der Waals surface area contributed by atoms with Gasteiger partial charge in [-0.05, 0) is 47.0 Å². The lowest BCUT2D eigenvalue weighted by atomic mass is 10.1. The molecule has 0 bridgehead atoms. The summed E-state index contributed by atoms with van der Waals surface area (Å²) in [7, 11) is 0.